The van der Waals surface area contributed by atoms with Crippen LogP contribution in [0.4, 0.5) is 10.2 Å². The number of nitrogens with one attached hydrogen (secondary N) is 1. The Labute approximate surface area is 221 Å². The SMILES string of the molecule is Cc1ccnc(C(C)C)c1-n1c(=O)nc(N2CCNC[C@@H]2C)c2cc(C3CC3)c(-c3ccc(F)cc3)nc21. The van der Waals surface area contributed by atoms with E-state index in [-0.39, 0.29) is 23.5 Å². The molecular formula is C30H33FN6O. The molecule has 1 saturated heterocycles. The second kappa shape index (κ2) is 9.58. The van der Waals surface area contributed by atoms with E-state index >= 15 is 0 Å². The summed E-state index contributed by atoms with van der Waals surface area (Å²) < 4.78 is 15.5. The first-order valence-corrected chi connectivity index (χ1v) is 13.5. The number of rotatable bonds is 5. The molecule has 2 fully saturated rings. The second-order valence-corrected chi connectivity index (χ2v) is 10.9. The molecule has 2 aliphatic rings. The van der Waals surface area contributed by atoms with Crippen molar-refractivity contribution in [2.75, 3.05) is 24.5 Å². The fourth-order valence-electron chi connectivity index (χ4n) is 5.55. The molecule has 8 heteroatoms. The lowest BCUT2D eigenvalue weighted by atomic mass is 10.00. The van der Waals surface area contributed by atoms with Gasteiger partial charge in [-0.1, -0.05) is 13.8 Å². The summed E-state index contributed by atoms with van der Waals surface area (Å²) >= 11 is 0. The number of piperazine rings is 1. The monoisotopic (exact) mass is 512 g/mol. The summed E-state index contributed by atoms with van der Waals surface area (Å²) in [4.78, 5) is 30.8. The van der Waals surface area contributed by atoms with E-state index in [1.807, 2.05) is 13.0 Å². The van der Waals surface area contributed by atoms with Crippen molar-refractivity contribution in [3.8, 4) is 16.9 Å². The average molecular weight is 513 g/mol. The van der Waals surface area contributed by atoms with Gasteiger partial charge in [0.1, 0.15) is 11.6 Å². The van der Waals surface area contributed by atoms with E-state index in [0.717, 1.165) is 71.6 Å². The first-order chi connectivity index (χ1) is 18.3. The molecule has 1 N–H and O–H groups in total. The molecule has 3 aromatic heterocycles. The molecule has 0 unspecified atom stereocenters. The highest BCUT2D eigenvalue weighted by Crippen LogP contribution is 2.45. The number of anilines is 1. The Bertz CT molecular complexity index is 1570. The Hall–Kier alpha value is -3.65. The number of aromatic nitrogens is 4. The van der Waals surface area contributed by atoms with E-state index in [1.165, 1.54) is 12.1 Å². The van der Waals surface area contributed by atoms with Crippen LogP contribution in [0.25, 0.3) is 28.0 Å². The van der Waals surface area contributed by atoms with E-state index < -0.39 is 0 Å². The van der Waals surface area contributed by atoms with Crippen molar-refractivity contribution in [3.05, 3.63) is 75.7 Å². The standard InChI is InChI=1S/C30H33FN6O/c1-17(2)25-27(18(3)11-12-33-25)37-29-24(28(35-30(37)38)36-14-13-32-16-19(36)4)15-23(20-5-6-20)26(34-29)21-7-9-22(31)10-8-21/h7-12,15,17,19-20,32H,5-6,13-14,16H2,1-4H3/t19-/m0/s1. The van der Waals surface area contributed by atoms with Gasteiger partial charge in [-0.05, 0) is 86.1 Å². The first kappa shape index (κ1) is 24.7. The largest absolute Gasteiger partial charge is 0.355 e. The molecule has 196 valence electrons. The molecule has 4 aromatic rings. The zero-order valence-corrected chi connectivity index (χ0v) is 22.3. The van der Waals surface area contributed by atoms with Crippen LogP contribution in [0.5, 0.6) is 0 Å². The highest BCUT2D eigenvalue weighted by Gasteiger charge is 2.31. The van der Waals surface area contributed by atoms with Gasteiger partial charge in [-0.2, -0.15) is 4.98 Å². The van der Waals surface area contributed by atoms with Gasteiger partial charge in [0.25, 0.3) is 0 Å². The minimum atomic E-state index is -0.368. The van der Waals surface area contributed by atoms with Crippen LogP contribution >= 0.6 is 0 Å². The topological polar surface area (TPSA) is 75.9 Å². The number of pyridine rings is 2. The molecule has 1 atom stereocenters. The minimum absolute atomic E-state index is 0.0991. The Morgan fingerprint density at radius 1 is 1.11 bits per heavy atom. The van der Waals surface area contributed by atoms with Crippen LogP contribution in [0.2, 0.25) is 0 Å². The third-order valence-corrected chi connectivity index (χ3v) is 7.71. The Balaban J connectivity index is 1.72. The van der Waals surface area contributed by atoms with Crippen molar-refractivity contribution in [2.45, 2.75) is 58.4 Å². The van der Waals surface area contributed by atoms with Crippen molar-refractivity contribution in [2.24, 2.45) is 0 Å². The maximum Gasteiger partial charge on any atom is 0.355 e. The Morgan fingerprint density at radius 3 is 2.55 bits per heavy atom. The van der Waals surface area contributed by atoms with Crippen LogP contribution in [-0.2, 0) is 0 Å². The highest BCUT2D eigenvalue weighted by molar-refractivity contribution is 5.91. The van der Waals surface area contributed by atoms with Gasteiger partial charge in [0, 0.05) is 37.4 Å². The number of hydrogen-bond acceptors (Lipinski definition) is 6. The molecule has 1 aromatic carbocycles. The van der Waals surface area contributed by atoms with Gasteiger partial charge in [-0.25, -0.2) is 18.7 Å². The summed E-state index contributed by atoms with van der Waals surface area (Å²) in [6.07, 6.45) is 3.97. The number of fused-ring (bicyclic) bond motifs is 1. The Morgan fingerprint density at radius 2 is 1.87 bits per heavy atom. The van der Waals surface area contributed by atoms with Gasteiger partial charge in [0.15, 0.2) is 5.65 Å². The van der Waals surface area contributed by atoms with Crippen molar-refractivity contribution in [3.63, 3.8) is 0 Å². The van der Waals surface area contributed by atoms with Crippen molar-refractivity contribution in [1.29, 1.82) is 0 Å². The van der Waals surface area contributed by atoms with E-state index in [0.29, 0.717) is 17.4 Å². The van der Waals surface area contributed by atoms with E-state index in [4.69, 9.17) is 9.97 Å². The smallest absolute Gasteiger partial charge is 0.351 e. The van der Waals surface area contributed by atoms with Crippen molar-refractivity contribution >= 4 is 16.9 Å². The number of aryl methyl sites for hydroxylation is 1. The quantitative estimate of drug-likeness (QED) is 0.402. The number of hydrogen-bond donors (Lipinski definition) is 1. The third kappa shape index (κ3) is 4.26. The maximum absolute atomic E-state index is 13.9. The summed E-state index contributed by atoms with van der Waals surface area (Å²) in [7, 11) is 0. The summed E-state index contributed by atoms with van der Waals surface area (Å²) in [5, 5.41) is 4.29. The molecule has 0 amide bonds. The van der Waals surface area contributed by atoms with Crippen LogP contribution in [0.1, 0.15) is 62.3 Å². The fourth-order valence-corrected chi connectivity index (χ4v) is 5.55. The van der Waals surface area contributed by atoms with E-state index in [9.17, 15) is 9.18 Å². The van der Waals surface area contributed by atoms with Crippen molar-refractivity contribution < 1.29 is 4.39 Å². The second-order valence-electron chi connectivity index (χ2n) is 10.9. The average Bonchev–Trinajstić information content (AvgIpc) is 3.74. The third-order valence-electron chi connectivity index (χ3n) is 7.71. The number of benzene rings is 1. The van der Waals surface area contributed by atoms with Gasteiger partial charge >= 0.3 is 5.69 Å². The molecule has 7 nitrogen and oxygen atoms in total. The zero-order chi connectivity index (χ0) is 26.6. The van der Waals surface area contributed by atoms with E-state index in [1.54, 1.807) is 22.9 Å². The molecular weight excluding hydrogens is 479 g/mol. The molecule has 1 saturated carbocycles. The molecule has 38 heavy (non-hydrogen) atoms. The maximum atomic E-state index is 13.9. The van der Waals surface area contributed by atoms with Gasteiger partial charge < -0.3 is 10.2 Å². The normalized spacial score (nSPS) is 17.9. The number of nitrogens with zero attached hydrogens (tertiary/aromatic N) is 5. The van der Waals surface area contributed by atoms with Crippen LogP contribution < -0.4 is 15.9 Å². The summed E-state index contributed by atoms with van der Waals surface area (Å²) in [5.41, 5.74) is 5.47. The predicted octanol–water partition coefficient (Wildman–Crippen LogP) is 5.09. The summed E-state index contributed by atoms with van der Waals surface area (Å²) in [5.74, 6) is 0.892. The minimum Gasteiger partial charge on any atom is -0.351 e. The van der Waals surface area contributed by atoms with Crippen molar-refractivity contribution in [1.82, 2.24) is 24.8 Å². The molecule has 0 radical (unpaired) electrons. The summed E-state index contributed by atoms with van der Waals surface area (Å²) in [6, 6.07) is 10.8. The molecule has 0 bridgehead atoms. The van der Waals surface area contributed by atoms with Crippen LogP contribution in [0, 0.1) is 12.7 Å². The fraction of sp³-hybridized carbons (Fsp3) is 0.400. The van der Waals surface area contributed by atoms with Gasteiger partial charge in [0.05, 0.1) is 22.5 Å². The molecule has 6 rings (SSSR count). The number of halogens is 1. The molecule has 0 spiro atoms. The van der Waals surface area contributed by atoms with Gasteiger partial charge in [-0.3, -0.25) is 4.98 Å². The van der Waals surface area contributed by atoms with Crippen LogP contribution in [0.3, 0.4) is 0 Å². The lowest BCUT2D eigenvalue weighted by molar-refractivity contribution is 0.497. The zero-order valence-electron chi connectivity index (χ0n) is 22.3. The molecule has 1 aliphatic heterocycles. The predicted molar refractivity (Wildman–Crippen MR) is 149 cm³/mol. The van der Waals surface area contributed by atoms with Gasteiger partial charge in [-0.15, -0.1) is 0 Å². The highest BCUT2D eigenvalue weighted by atomic mass is 19.1. The van der Waals surface area contributed by atoms with Crippen LogP contribution in [-0.4, -0.2) is 45.2 Å². The van der Waals surface area contributed by atoms with Crippen LogP contribution in [0.15, 0.2) is 47.4 Å². The molecule has 4 heterocycles. The first-order valence-electron chi connectivity index (χ1n) is 13.5. The lowest BCUT2D eigenvalue weighted by Gasteiger charge is -2.35. The lowest BCUT2D eigenvalue weighted by Crippen LogP contribution is -2.50. The van der Waals surface area contributed by atoms with E-state index in [2.05, 4.69) is 42.0 Å². The molecule has 1 aliphatic carbocycles. The Kier molecular flexibility index (Phi) is 6.22. The summed E-state index contributed by atoms with van der Waals surface area (Å²) in [6.45, 7) is 10.7. The van der Waals surface area contributed by atoms with Gasteiger partial charge in [0.2, 0.25) is 0 Å².